The summed E-state index contributed by atoms with van der Waals surface area (Å²) in [7, 11) is 0. The summed E-state index contributed by atoms with van der Waals surface area (Å²) in [4.78, 5) is 14.5. The number of nitrogens with one attached hydrogen (secondary N) is 1. The standard InChI is InChI=1S/C21H24N4O/c26-21(25-15-13-17-8-4-5-9-19(17)25)18-10-11-20(24-23-18)22-14-12-16-6-2-1-3-7-16/h4-6,8-11H,1-3,7,12-15H2,(H,22,24). The number of hydrogen-bond acceptors (Lipinski definition) is 4. The van der Waals surface area contributed by atoms with Crippen molar-refractivity contribution in [1.29, 1.82) is 0 Å². The van der Waals surface area contributed by atoms with Crippen LogP contribution in [0.15, 0.2) is 48.0 Å². The van der Waals surface area contributed by atoms with E-state index in [-0.39, 0.29) is 5.91 Å². The number of hydrogen-bond donors (Lipinski definition) is 1. The second-order valence-electron chi connectivity index (χ2n) is 6.92. The van der Waals surface area contributed by atoms with Crippen molar-refractivity contribution in [1.82, 2.24) is 10.2 Å². The van der Waals surface area contributed by atoms with Crippen molar-refractivity contribution in [3.8, 4) is 0 Å². The predicted molar refractivity (Wildman–Crippen MR) is 104 cm³/mol. The molecule has 0 unspecified atom stereocenters. The molecular formula is C21H24N4O. The van der Waals surface area contributed by atoms with Crippen LogP contribution in [0.1, 0.15) is 48.2 Å². The minimum absolute atomic E-state index is 0.0821. The quantitative estimate of drug-likeness (QED) is 0.830. The second-order valence-corrected chi connectivity index (χ2v) is 6.92. The summed E-state index contributed by atoms with van der Waals surface area (Å²) in [5, 5.41) is 11.6. The van der Waals surface area contributed by atoms with Gasteiger partial charge in [0.05, 0.1) is 0 Å². The smallest absolute Gasteiger partial charge is 0.278 e. The fourth-order valence-electron chi connectivity index (χ4n) is 3.71. The summed E-state index contributed by atoms with van der Waals surface area (Å²) in [5.74, 6) is 0.640. The Morgan fingerprint density at radius 1 is 1.08 bits per heavy atom. The molecule has 1 aliphatic heterocycles. The highest BCUT2D eigenvalue weighted by atomic mass is 16.2. The number of fused-ring (bicyclic) bond motifs is 1. The maximum atomic E-state index is 12.7. The molecule has 0 fully saturated rings. The zero-order chi connectivity index (χ0) is 17.8. The molecule has 2 aromatic rings. The van der Waals surface area contributed by atoms with Crippen LogP contribution in [-0.4, -0.2) is 29.2 Å². The largest absolute Gasteiger partial charge is 0.368 e. The number of nitrogens with zero attached hydrogens (tertiary/aromatic N) is 3. The van der Waals surface area contributed by atoms with Crippen molar-refractivity contribution in [2.75, 3.05) is 23.3 Å². The van der Waals surface area contributed by atoms with Crippen molar-refractivity contribution in [2.45, 2.75) is 38.5 Å². The first-order valence-corrected chi connectivity index (χ1v) is 9.46. The van der Waals surface area contributed by atoms with Gasteiger partial charge in [-0.2, -0.15) is 0 Å². The van der Waals surface area contributed by atoms with Gasteiger partial charge in [0.15, 0.2) is 5.69 Å². The number of rotatable bonds is 5. The normalized spacial score (nSPS) is 16.2. The first-order chi connectivity index (χ1) is 12.8. The Morgan fingerprint density at radius 2 is 2.00 bits per heavy atom. The van der Waals surface area contributed by atoms with E-state index in [0.29, 0.717) is 12.2 Å². The number of carbonyl (C=O) groups excluding carboxylic acids is 1. The van der Waals surface area contributed by atoms with Crippen LogP contribution in [0.3, 0.4) is 0 Å². The Hall–Kier alpha value is -2.69. The minimum atomic E-state index is -0.0821. The third kappa shape index (κ3) is 3.62. The molecule has 0 saturated carbocycles. The Kier molecular flexibility index (Phi) is 4.95. The molecule has 1 N–H and O–H groups in total. The third-order valence-corrected chi connectivity index (χ3v) is 5.15. The van der Waals surface area contributed by atoms with E-state index in [1.165, 1.54) is 36.8 Å². The molecule has 0 saturated heterocycles. The molecule has 0 radical (unpaired) electrons. The van der Waals surface area contributed by atoms with Gasteiger partial charge in [-0.05, 0) is 62.3 Å². The SMILES string of the molecule is O=C(c1ccc(NCCC2=CCCCC2)nn1)N1CCc2ccccc21. The highest BCUT2D eigenvalue weighted by Crippen LogP contribution is 2.28. The van der Waals surface area contributed by atoms with Crippen molar-refractivity contribution < 1.29 is 4.79 Å². The van der Waals surface area contributed by atoms with Gasteiger partial charge in [0.25, 0.3) is 5.91 Å². The monoisotopic (exact) mass is 348 g/mol. The lowest BCUT2D eigenvalue weighted by molar-refractivity contribution is 0.0983. The van der Waals surface area contributed by atoms with E-state index in [1.54, 1.807) is 11.0 Å². The number of amides is 1. The summed E-state index contributed by atoms with van der Waals surface area (Å²) < 4.78 is 0. The molecule has 2 aliphatic rings. The average molecular weight is 348 g/mol. The molecule has 1 aliphatic carbocycles. The van der Waals surface area contributed by atoms with Crippen LogP contribution in [0.5, 0.6) is 0 Å². The third-order valence-electron chi connectivity index (χ3n) is 5.15. The van der Waals surface area contributed by atoms with E-state index in [1.807, 2.05) is 24.3 Å². The zero-order valence-corrected chi connectivity index (χ0v) is 14.9. The van der Waals surface area contributed by atoms with Crippen LogP contribution in [-0.2, 0) is 6.42 Å². The van der Waals surface area contributed by atoms with E-state index < -0.39 is 0 Å². The predicted octanol–water partition coefficient (Wildman–Crippen LogP) is 3.98. The van der Waals surface area contributed by atoms with Crippen LogP contribution in [0.25, 0.3) is 0 Å². The molecule has 2 heterocycles. The summed E-state index contributed by atoms with van der Waals surface area (Å²) in [6, 6.07) is 11.6. The Balaban J connectivity index is 1.35. The molecule has 1 aromatic carbocycles. The van der Waals surface area contributed by atoms with Gasteiger partial charge in [-0.3, -0.25) is 4.79 Å². The second kappa shape index (κ2) is 7.68. The molecular weight excluding hydrogens is 324 g/mol. The fraction of sp³-hybridized carbons (Fsp3) is 0.381. The lowest BCUT2D eigenvalue weighted by Crippen LogP contribution is -2.29. The number of anilines is 2. The maximum Gasteiger partial charge on any atom is 0.278 e. The van der Waals surface area contributed by atoms with E-state index in [0.717, 1.165) is 30.9 Å². The number of aromatic nitrogens is 2. The number of carbonyl (C=O) groups is 1. The molecule has 5 nitrogen and oxygen atoms in total. The molecule has 1 aromatic heterocycles. The van der Waals surface area contributed by atoms with Crippen molar-refractivity contribution in [3.05, 3.63) is 59.3 Å². The van der Waals surface area contributed by atoms with Gasteiger partial charge in [0, 0.05) is 18.8 Å². The van der Waals surface area contributed by atoms with Gasteiger partial charge in [-0.25, -0.2) is 0 Å². The molecule has 4 rings (SSSR count). The van der Waals surface area contributed by atoms with Gasteiger partial charge in [-0.15, -0.1) is 10.2 Å². The van der Waals surface area contributed by atoms with Crippen molar-refractivity contribution in [3.63, 3.8) is 0 Å². The molecule has 1 amide bonds. The summed E-state index contributed by atoms with van der Waals surface area (Å²) in [5.41, 5.74) is 4.13. The van der Waals surface area contributed by atoms with Crippen LogP contribution in [0, 0.1) is 0 Å². The van der Waals surface area contributed by atoms with Crippen LogP contribution >= 0.6 is 0 Å². The van der Waals surface area contributed by atoms with Gasteiger partial charge < -0.3 is 10.2 Å². The molecule has 0 spiro atoms. The fourth-order valence-corrected chi connectivity index (χ4v) is 3.71. The Bertz CT molecular complexity index is 813. The van der Waals surface area contributed by atoms with E-state index in [9.17, 15) is 4.79 Å². The minimum Gasteiger partial charge on any atom is -0.368 e. The first kappa shape index (κ1) is 16.8. The lowest BCUT2D eigenvalue weighted by Gasteiger charge is -2.16. The van der Waals surface area contributed by atoms with E-state index in [4.69, 9.17) is 0 Å². The summed E-state index contributed by atoms with van der Waals surface area (Å²) >= 11 is 0. The molecule has 134 valence electrons. The van der Waals surface area contributed by atoms with E-state index in [2.05, 4.69) is 27.7 Å². The van der Waals surface area contributed by atoms with Crippen LogP contribution in [0.4, 0.5) is 11.5 Å². The number of benzene rings is 1. The Morgan fingerprint density at radius 3 is 2.81 bits per heavy atom. The van der Waals surface area contributed by atoms with Gasteiger partial charge in [0.1, 0.15) is 5.82 Å². The van der Waals surface area contributed by atoms with Crippen molar-refractivity contribution >= 4 is 17.4 Å². The molecule has 0 bridgehead atoms. The summed E-state index contributed by atoms with van der Waals surface area (Å²) in [6.45, 7) is 1.56. The molecule has 5 heteroatoms. The molecule has 0 atom stereocenters. The number of allylic oxidation sites excluding steroid dienone is 1. The maximum absolute atomic E-state index is 12.7. The highest BCUT2D eigenvalue weighted by molar-refractivity contribution is 6.06. The zero-order valence-electron chi connectivity index (χ0n) is 14.9. The van der Waals surface area contributed by atoms with Gasteiger partial charge in [0.2, 0.25) is 0 Å². The summed E-state index contributed by atoms with van der Waals surface area (Å²) in [6.07, 6.45) is 9.37. The van der Waals surface area contributed by atoms with Gasteiger partial charge >= 0.3 is 0 Å². The van der Waals surface area contributed by atoms with Crippen LogP contribution < -0.4 is 10.2 Å². The first-order valence-electron chi connectivity index (χ1n) is 9.46. The number of para-hydroxylation sites is 1. The van der Waals surface area contributed by atoms with Crippen LogP contribution in [0.2, 0.25) is 0 Å². The van der Waals surface area contributed by atoms with Gasteiger partial charge in [-0.1, -0.05) is 29.8 Å². The lowest BCUT2D eigenvalue weighted by atomic mass is 9.97. The van der Waals surface area contributed by atoms with Crippen molar-refractivity contribution in [2.24, 2.45) is 0 Å². The molecule has 26 heavy (non-hydrogen) atoms. The Labute approximate surface area is 154 Å². The van der Waals surface area contributed by atoms with E-state index >= 15 is 0 Å². The highest BCUT2D eigenvalue weighted by Gasteiger charge is 2.26. The topological polar surface area (TPSA) is 58.1 Å². The average Bonchev–Trinajstić information content (AvgIpc) is 3.13.